The number of ether oxygens (including phenoxy) is 1. The molecular formula is C10H15NO. The van der Waals surface area contributed by atoms with Crippen LogP contribution in [-0.4, -0.2) is 13.7 Å². The first-order chi connectivity index (χ1) is 5.83. The Kier molecular flexibility index (Phi) is 3.11. The standard InChI is InChI=1S/C7H6O.C3H9N/c1-8-7-4-5-2-3-6(5)7;1-2-3-4/h2-4H,1H3;2-4H2,1H3. The maximum absolute atomic E-state index is 5.03. The highest BCUT2D eigenvalue weighted by molar-refractivity contribution is 5.38. The van der Waals surface area contributed by atoms with E-state index in [2.05, 4.69) is 19.1 Å². The molecule has 2 heteroatoms. The molecule has 0 amide bonds. The van der Waals surface area contributed by atoms with Gasteiger partial charge >= 0.3 is 0 Å². The van der Waals surface area contributed by atoms with Gasteiger partial charge in [-0.3, -0.25) is 0 Å². The van der Waals surface area contributed by atoms with Gasteiger partial charge in [0.15, 0.2) is 0 Å². The summed E-state index contributed by atoms with van der Waals surface area (Å²) in [6.45, 7) is 2.88. The molecule has 0 aromatic rings. The van der Waals surface area contributed by atoms with Gasteiger partial charge in [-0.1, -0.05) is 19.1 Å². The average Bonchev–Trinajstić information content (AvgIpc) is 2.10. The molecule has 2 nitrogen and oxygen atoms in total. The van der Waals surface area contributed by atoms with Gasteiger partial charge in [0.05, 0.1) is 7.11 Å². The molecule has 2 N–H and O–H groups in total. The number of rotatable bonds is 2. The molecule has 2 aliphatic rings. The molecule has 0 saturated carbocycles. The van der Waals surface area contributed by atoms with Crippen molar-refractivity contribution < 1.29 is 4.74 Å². The lowest BCUT2D eigenvalue weighted by atomic mass is 10.1. The molecule has 0 saturated heterocycles. The van der Waals surface area contributed by atoms with Crippen molar-refractivity contribution in [2.75, 3.05) is 13.7 Å². The van der Waals surface area contributed by atoms with Gasteiger partial charge in [0, 0.05) is 5.22 Å². The van der Waals surface area contributed by atoms with Crippen LogP contribution in [0, 0.1) is 10.4 Å². The van der Waals surface area contributed by atoms with Crippen LogP contribution >= 0.6 is 0 Å². The second-order valence-corrected chi connectivity index (χ2v) is 2.70. The first-order valence-corrected chi connectivity index (χ1v) is 4.22. The minimum absolute atomic E-state index is 0.819. The van der Waals surface area contributed by atoms with E-state index in [0.29, 0.717) is 0 Å². The Morgan fingerprint density at radius 3 is 2.17 bits per heavy atom. The van der Waals surface area contributed by atoms with Crippen LogP contribution in [0.5, 0.6) is 5.75 Å². The molecule has 2 rings (SSSR count). The molecule has 2 aliphatic carbocycles. The molecule has 0 radical (unpaired) electrons. The molecular weight excluding hydrogens is 150 g/mol. The molecule has 0 aromatic heterocycles. The number of benzene rings is 1. The maximum atomic E-state index is 5.03. The van der Waals surface area contributed by atoms with Crippen LogP contribution in [0.2, 0.25) is 0 Å². The Morgan fingerprint density at radius 1 is 1.42 bits per heavy atom. The molecule has 0 unspecified atom stereocenters. The summed E-state index contributed by atoms with van der Waals surface area (Å²) in [5, 5.41) is 2.62. The summed E-state index contributed by atoms with van der Waals surface area (Å²) in [4.78, 5) is 0. The van der Waals surface area contributed by atoms with E-state index in [1.54, 1.807) is 7.11 Å². The van der Waals surface area contributed by atoms with Crippen molar-refractivity contribution >= 4 is 0 Å². The molecule has 0 aliphatic heterocycles. The van der Waals surface area contributed by atoms with Gasteiger partial charge in [-0.05, 0) is 24.3 Å². The van der Waals surface area contributed by atoms with Crippen LogP contribution in [0.15, 0.2) is 18.2 Å². The Balaban J connectivity index is 0.000000157. The Bertz CT molecular complexity index is 330. The van der Waals surface area contributed by atoms with Crippen LogP contribution in [0.4, 0.5) is 0 Å². The van der Waals surface area contributed by atoms with Gasteiger partial charge < -0.3 is 10.5 Å². The van der Waals surface area contributed by atoms with Crippen LogP contribution < -0.4 is 10.5 Å². The Labute approximate surface area is 72.7 Å². The monoisotopic (exact) mass is 165 g/mol. The highest BCUT2D eigenvalue weighted by Crippen LogP contribution is 2.22. The van der Waals surface area contributed by atoms with E-state index in [1.807, 2.05) is 6.07 Å². The zero-order chi connectivity index (χ0) is 8.97. The number of hydrogen-bond acceptors (Lipinski definition) is 2. The Hall–Kier alpha value is -1.02. The lowest BCUT2D eigenvalue weighted by Crippen LogP contribution is -1.93. The van der Waals surface area contributed by atoms with Crippen molar-refractivity contribution in [1.29, 1.82) is 0 Å². The van der Waals surface area contributed by atoms with Crippen molar-refractivity contribution in [2.45, 2.75) is 13.3 Å². The summed E-state index contributed by atoms with van der Waals surface area (Å²) in [6, 6.07) is 6.18. The molecule has 12 heavy (non-hydrogen) atoms. The van der Waals surface area contributed by atoms with Gasteiger partial charge in [-0.25, -0.2) is 0 Å². The zero-order valence-electron chi connectivity index (χ0n) is 7.63. The number of nitrogens with two attached hydrogens (primary N) is 1. The van der Waals surface area contributed by atoms with Crippen molar-refractivity contribution in [3.05, 3.63) is 28.6 Å². The van der Waals surface area contributed by atoms with E-state index in [9.17, 15) is 0 Å². The summed E-state index contributed by atoms with van der Waals surface area (Å²) in [6.07, 6.45) is 1.10. The molecule has 0 heterocycles. The highest BCUT2D eigenvalue weighted by Gasteiger charge is 2.03. The average molecular weight is 165 g/mol. The number of methoxy groups -OCH3 is 1. The predicted octanol–water partition coefficient (Wildman–Crippen LogP) is 1.65. The van der Waals surface area contributed by atoms with E-state index in [0.717, 1.165) is 18.7 Å². The molecule has 66 valence electrons. The first kappa shape index (κ1) is 9.07. The fourth-order valence-corrected chi connectivity index (χ4v) is 0.923. The smallest absolute Gasteiger partial charge is 0.127 e. The van der Waals surface area contributed by atoms with Crippen molar-refractivity contribution in [3.63, 3.8) is 0 Å². The minimum Gasteiger partial charge on any atom is -0.496 e. The summed E-state index contributed by atoms with van der Waals surface area (Å²) < 4.78 is 4.97. The number of hydrogen-bond donors (Lipinski definition) is 1. The SMILES string of the molecule is CCCN.COc1cc2ccc1=2. The molecule has 0 atom stereocenters. The summed E-state index contributed by atoms with van der Waals surface area (Å²) in [7, 11) is 1.70. The van der Waals surface area contributed by atoms with E-state index < -0.39 is 0 Å². The third-order valence-corrected chi connectivity index (χ3v) is 1.80. The maximum Gasteiger partial charge on any atom is 0.127 e. The predicted molar refractivity (Wildman–Crippen MR) is 50.0 cm³/mol. The zero-order valence-corrected chi connectivity index (χ0v) is 7.63. The quantitative estimate of drug-likeness (QED) is 0.734. The molecule has 0 spiro atoms. The van der Waals surface area contributed by atoms with Crippen LogP contribution in [0.25, 0.3) is 0 Å². The van der Waals surface area contributed by atoms with E-state index in [4.69, 9.17) is 10.5 Å². The lowest BCUT2D eigenvalue weighted by Gasteiger charge is -2.08. The van der Waals surface area contributed by atoms with Crippen molar-refractivity contribution in [2.24, 2.45) is 5.73 Å². The third-order valence-electron chi connectivity index (χ3n) is 1.80. The van der Waals surface area contributed by atoms with E-state index >= 15 is 0 Å². The fraction of sp³-hybridized carbons (Fsp3) is 0.400. The molecule has 0 aromatic carbocycles. The van der Waals surface area contributed by atoms with E-state index in [-0.39, 0.29) is 0 Å². The van der Waals surface area contributed by atoms with Crippen molar-refractivity contribution in [3.8, 4) is 5.75 Å². The molecule has 0 fully saturated rings. The fourth-order valence-electron chi connectivity index (χ4n) is 0.923. The summed E-state index contributed by atoms with van der Waals surface area (Å²) in [5.41, 5.74) is 5.03. The van der Waals surface area contributed by atoms with Gasteiger partial charge in [-0.15, -0.1) is 0 Å². The third kappa shape index (κ3) is 1.59. The summed E-state index contributed by atoms with van der Waals surface area (Å²) >= 11 is 0. The van der Waals surface area contributed by atoms with Gasteiger partial charge in [0.25, 0.3) is 0 Å². The van der Waals surface area contributed by atoms with Gasteiger partial charge in [0.2, 0.25) is 0 Å². The highest BCUT2D eigenvalue weighted by atomic mass is 16.5. The second kappa shape index (κ2) is 4.12. The van der Waals surface area contributed by atoms with Crippen LogP contribution in [-0.2, 0) is 0 Å². The van der Waals surface area contributed by atoms with Crippen LogP contribution in [0.1, 0.15) is 13.3 Å². The van der Waals surface area contributed by atoms with Crippen LogP contribution in [0.3, 0.4) is 0 Å². The lowest BCUT2D eigenvalue weighted by molar-refractivity contribution is 0.407. The second-order valence-electron chi connectivity index (χ2n) is 2.70. The largest absolute Gasteiger partial charge is 0.496 e. The molecule has 0 bridgehead atoms. The van der Waals surface area contributed by atoms with E-state index in [1.165, 1.54) is 10.4 Å². The van der Waals surface area contributed by atoms with Gasteiger partial charge in [0.1, 0.15) is 5.75 Å². The van der Waals surface area contributed by atoms with Crippen molar-refractivity contribution in [1.82, 2.24) is 0 Å². The summed E-state index contributed by atoms with van der Waals surface area (Å²) in [5.74, 6) is 1.03. The first-order valence-electron chi connectivity index (χ1n) is 4.22. The van der Waals surface area contributed by atoms with Gasteiger partial charge in [-0.2, -0.15) is 0 Å². The topological polar surface area (TPSA) is 35.2 Å². The minimum atomic E-state index is 0.819. The normalized spacial score (nSPS) is 9.92. The Morgan fingerprint density at radius 2 is 2.08 bits per heavy atom.